The number of rotatable bonds is 3. The lowest BCUT2D eigenvalue weighted by Gasteiger charge is -2.31. The van der Waals surface area contributed by atoms with Crippen molar-refractivity contribution in [3.05, 3.63) is 34.1 Å². The summed E-state index contributed by atoms with van der Waals surface area (Å²) in [4.78, 5) is 11.7. The van der Waals surface area contributed by atoms with E-state index >= 15 is 0 Å². The number of carbonyl (C=O) groups is 1. The van der Waals surface area contributed by atoms with Crippen molar-refractivity contribution in [1.82, 2.24) is 0 Å². The maximum absolute atomic E-state index is 13.5. The summed E-state index contributed by atoms with van der Waals surface area (Å²) in [6, 6.07) is 4.74. The van der Waals surface area contributed by atoms with Crippen molar-refractivity contribution >= 4 is 21.9 Å². The number of halogens is 2. The van der Waals surface area contributed by atoms with Gasteiger partial charge in [-0.05, 0) is 53.2 Å². The monoisotopic (exact) mass is 328 g/mol. The highest BCUT2D eigenvalue weighted by Crippen LogP contribution is 2.50. The van der Waals surface area contributed by atoms with Crippen LogP contribution in [-0.4, -0.2) is 23.3 Å². The second kappa shape index (κ2) is 4.56. The van der Waals surface area contributed by atoms with Crippen molar-refractivity contribution in [2.45, 2.75) is 37.9 Å². The Labute approximate surface area is 118 Å². The Morgan fingerprint density at radius 1 is 1.53 bits per heavy atom. The van der Waals surface area contributed by atoms with Crippen LogP contribution >= 0.6 is 15.9 Å². The summed E-state index contributed by atoms with van der Waals surface area (Å²) in [6.07, 6.45) is 2.35. The van der Waals surface area contributed by atoms with Gasteiger partial charge in [0.15, 0.2) is 0 Å². The SMILES string of the molecule is O=C(O)C1(Cc2cccc(F)c2Br)CC2CCC1O2. The molecule has 0 aliphatic carbocycles. The van der Waals surface area contributed by atoms with Crippen molar-refractivity contribution in [3.63, 3.8) is 0 Å². The van der Waals surface area contributed by atoms with E-state index in [4.69, 9.17) is 4.74 Å². The van der Waals surface area contributed by atoms with Crippen molar-refractivity contribution in [1.29, 1.82) is 0 Å². The fraction of sp³-hybridized carbons (Fsp3) is 0.500. The molecule has 2 heterocycles. The molecule has 0 radical (unpaired) electrons. The summed E-state index contributed by atoms with van der Waals surface area (Å²) in [6.45, 7) is 0. The van der Waals surface area contributed by atoms with Crippen LogP contribution in [0.15, 0.2) is 22.7 Å². The first kappa shape index (κ1) is 13.1. The molecule has 3 unspecified atom stereocenters. The Morgan fingerprint density at radius 2 is 2.32 bits per heavy atom. The van der Waals surface area contributed by atoms with Gasteiger partial charge in [-0.2, -0.15) is 0 Å². The standard InChI is InChI=1S/C14H14BrFO3/c15-12-8(2-1-3-10(12)16)6-14(13(17)18)7-9-4-5-11(14)19-9/h1-3,9,11H,4-7H2,(H,17,18). The molecule has 1 aromatic carbocycles. The lowest BCUT2D eigenvalue weighted by atomic mass is 9.70. The van der Waals surface area contributed by atoms with Crippen molar-refractivity contribution in [2.75, 3.05) is 0 Å². The fourth-order valence-electron chi connectivity index (χ4n) is 3.31. The average molecular weight is 329 g/mol. The van der Waals surface area contributed by atoms with E-state index in [-0.39, 0.29) is 18.0 Å². The minimum absolute atomic E-state index is 0.0495. The number of hydrogen-bond acceptors (Lipinski definition) is 2. The van der Waals surface area contributed by atoms with Gasteiger partial charge >= 0.3 is 5.97 Å². The number of aliphatic carboxylic acids is 1. The van der Waals surface area contributed by atoms with E-state index in [1.165, 1.54) is 6.07 Å². The van der Waals surface area contributed by atoms with Gasteiger partial charge < -0.3 is 9.84 Å². The molecule has 102 valence electrons. The summed E-state index contributed by atoms with van der Waals surface area (Å²) in [7, 11) is 0. The van der Waals surface area contributed by atoms with E-state index < -0.39 is 11.4 Å². The van der Waals surface area contributed by atoms with Gasteiger partial charge in [0.1, 0.15) is 11.2 Å². The maximum Gasteiger partial charge on any atom is 0.312 e. The molecule has 2 aliphatic heterocycles. The van der Waals surface area contributed by atoms with Gasteiger partial charge in [-0.25, -0.2) is 4.39 Å². The van der Waals surface area contributed by atoms with E-state index in [0.717, 1.165) is 12.8 Å². The molecule has 0 spiro atoms. The summed E-state index contributed by atoms with van der Waals surface area (Å²) in [5, 5.41) is 9.62. The van der Waals surface area contributed by atoms with Crippen molar-refractivity contribution in [2.24, 2.45) is 5.41 Å². The molecule has 1 aromatic rings. The van der Waals surface area contributed by atoms with Crippen LogP contribution < -0.4 is 0 Å². The van der Waals surface area contributed by atoms with Crippen LogP contribution in [0.2, 0.25) is 0 Å². The molecule has 2 saturated heterocycles. The van der Waals surface area contributed by atoms with E-state index in [0.29, 0.717) is 22.9 Å². The number of hydrogen-bond donors (Lipinski definition) is 1. The molecule has 19 heavy (non-hydrogen) atoms. The summed E-state index contributed by atoms with van der Waals surface area (Å²) < 4.78 is 19.6. The molecule has 3 nitrogen and oxygen atoms in total. The second-order valence-corrected chi connectivity index (χ2v) is 6.17. The molecule has 0 amide bonds. The van der Waals surface area contributed by atoms with Crippen molar-refractivity contribution in [3.8, 4) is 0 Å². The van der Waals surface area contributed by atoms with Crippen molar-refractivity contribution < 1.29 is 19.0 Å². The highest BCUT2D eigenvalue weighted by Gasteiger charge is 2.57. The first-order chi connectivity index (χ1) is 9.03. The fourth-order valence-corrected chi connectivity index (χ4v) is 3.72. The third-order valence-corrected chi connectivity index (χ3v) is 5.17. The lowest BCUT2D eigenvalue weighted by Crippen LogP contribution is -2.42. The Hall–Kier alpha value is -0.940. The number of fused-ring (bicyclic) bond motifs is 2. The van der Waals surface area contributed by atoms with Crippen LogP contribution in [0.5, 0.6) is 0 Å². The lowest BCUT2D eigenvalue weighted by molar-refractivity contribution is -0.152. The van der Waals surface area contributed by atoms with E-state index in [9.17, 15) is 14.3 Å². The van der Waals surface area contributed by atoms with E-state index in [1.807, 2.05) is 0 Å². The van der Waals surface area contributed by atoms with Crippen LogP contribution in [0.1, 0.15) is 24.8 Å². The Bertz CT molecular complexity index is 533. The molecular formula is C14H14BrFO3. The van der Waals surface area contributed by atoms with Gasteiger partial charge in [-0.15, -0.1) is 0 Å². The Balaban J connectivity index is 1.95. The maximum atomic E-state index is 13.5. The molecule has 2 bridgehead atoms. The molecule has 1 N–H and O–H groups in total. The van der Waals surface area contributed by atoms with Crippen LogP contribution in [-0.2, 0) is 16.0 Å². The topological polar surface area (TPSA) is 46.5 Å². The van der Waals surface area contributed by atoms with Gasteiger partial charge in [-0.1, -0.05) is 12.1 Å². The third-order valence-electron chi connectivity index (χ3n) is 4.28. The molecular weight excluding hydrogens is 315 g/mol. The second-order valence-electron chi connectivity index (χ2n) is 5.38. The van der Waals surface area contributed by atoms with Crippen LogP contribution in [0.25, 0.3) is 0 Å². The zero-order chi connectivity index (χ0) is 13.6. The van der Waals surface area contributed by atoms with E-state index in [1.54, 1.807) is 12.1 Å². The van der Waals surface area contributed by atoms with Gasteiger partial charge in [0.25, 0.3) is 0 Å². The molecule has 0 aromatic heterocycles. The van der Waals surface area contributed by atoms with Gasteiger partial charge in [0.05, 0.1) is 16.7 Å². The highest BCUT2D eigenvalue weighted by atomic mass is 79.9. The minimum Gasteiger partial charge on any atom is -0.481 e. The molecule has 5 heteroatoms. The molecule has 2 aliphatic rings. The summed E-state index contributed by atoms with van der Waals surface area (Å²) >= 11 is 3.21. The van der Waals surface area contributed by atoms with Gasteiger partial charge in [-0.3, -0.25) is 4.79 Å². The predicted octanol–water partition coefficient (Wildman–Crippen LogP) is 3.15. The quantitative estimate of drug-likeness (QED) is 0.927. The normalized spacial score (nSPS) is 32.7. The first-order valence-electron chi connectivity index (χ1n) is 6.35. The van der Waals surface area contributed by atoms with Crippen LogP contribution in [0, 0.1) is 11.2 Å². The zero-order valence-corrected chi connectivity index (χ0v) is 11.8. The number of benzene rings is 1. The summed E-state index contributed by atoms with van der Waals surface area (Å²) in [5.74, 6) is -1.20. The molecule has 2 fully saturated rings. The van der Waals surface area contributed by atoms with Crippen LogP contribution in [0.3, 0.4) is 0 Å². The largest absolute Gasteiger partial charge is 0.481 e. The van der Waals surface area contributed by atoms with Gasteiger partial charge in [0, 0.05) is 0 Å². The average Bonchev–Trinajstić information content (AvgIpc) is 2.96. The first-order valence-corrected chi connectivity index (χ1v) is 7.14. The molecule has 3 atom stereocenters. The number of ether oxygens (including phenoxy) is 1. The minimum atomic E-state index is -0.904. The smallest absolute Gasteiger partial charge is 0.312 e. The third kappa shape index (κ3) is 1.99. The number of carboxylic acids is 1. The molecule has 3 rings (SSSR count). The Kier molecular flexibility index (Phi) is 3.14. The zero-order valence-electron chi connectivity index (χ0n) is 10.2. The number of carboxylic acid groups (broad SMARTS) is 1. The highest BCUT2D eigenvalue weighted by molar-refractivity contribution is 9.10. The Morgan fingerprint density at radius 3 is 2.89 bits per heavy atom. The van der Waals surface area contributed by atoms with Crippen LogP contribution in [0.4, 0.5) is 4.39 Å². The van der Waals surface area contributed by atoms with Gasteiger partial charge in [0.2, 0.25) is 0 Å². The molecule has 0 saturated carbocycles. The van der Waals surface area contributed by atoms with E-state index in [2.05, 4.69) is 15.9 Å². The summed E-state index contributed by atoms with van der Waals surface area (Å²) in [5.41, 5.74) is -0.210. The predicted molar refractivity (Wildman–Crippen MR) is 70.4 cm³/mol.